The minimum atomic E-state index is 0.330. The first-order valence-electron chi connectivity index (χ1n) is 4.81. The Morgan fingerprint density at radius 1 is 1.57 bits per heavy atom. The average molecular weight is 212 g/mol. The Morgan fingerprint density at radius 2 is 2.21 bits per heavy atom. The predicted octanol–water partition coefficient (Wildman–Crippen LogP) is 1.45. The summed E-state index contributed by atoms with van der Waals surface area (Å²) in [5.41, 5.74) is 7.29. The molecule has 0 aliphatic rings. The SMILES string of the molecule is CCCn1nnc(C(N)=S)c1C(C)C. The number of aromatic nitrogens is 3. The quantitative estimate of drug-likeness (QED) is 0.767. The first kappa shape index (κ1) is 11.1. The van der Waals surface area contributed by atoms with Crippen LogP contribution in [-0.4, -0.2) is 20.0 Å². The largest absolute Gasteiger partial charge is 0.388 e. The topological polar surface area (TPSA) is 56.7 Å². The second-order valence-electron chi connectivity index (χ2n) is 3.57. The molecule has 0 atom stereocenters. The molecule has 5 heteroatoms. The van der Waals surface area contributed by atoms with Crippen molar-refractivity contribution in [2.24, 2.45) is 5.73 Å². The highest BCUT2D eigenvalue weighted by molar-refractivity contribution is 7.80. The van der Waals surface area contributed by atoms with E-state index in [4.69, 9.17) is 18.0 Å². The van der Waals surface area contributed by atoms with Crippen molar-refractivity contribution in [2.45, 2.75) is 39.7 Å². The van der Waals surface area contributed by atoms with Gasteiger partial charge in [-0.1, -0.05) is 38.2 Å². The lowest BCUT2D eigenvalue weighted by Crippen LogP contribution is -2.15. The van der Waals surface area contributed by atoms with Crippen LogP contribution in [-0.2, 0) is 6.54 Å². The van der Waals surface area contributed by atoms with Crippen LogP contribution in [0.15, 0.2) is 0 Å². The normalized spacial score (nSPS) is 10.9. The van der Waals surface area contributed by atoms with Gasteiger partial charge in [-0.05, 0) is 12.3 Å². The van der Waals surface area contributed by atoms with Crippen molar-refractivity contribution in [3.8, 4) is 0 Å². The van der Waals surface area contributed by atoms with Crippen LogP contribution in [0.3, 0.4) is 0 Å². The lowest BCUT2D eigenvalue weighted by Gasteiger charge is -2.09. The minimum absolute atomic E-state index is 0.330. The third-order valence-electron chi connectivity index (χ3n) is 1.99. The highest BCUT2D eigenvalue weighted by atomic mass is 32.1. The van der Waals surface area contributed by atoms with E-state index in [0.717, 1.165) is 18.7 Å². The molecule has 4 nitrogen and oxygen atoms in total. The third kappa shape index (κ3) is 2.09. The molecule has 0 bridgehead atoms. The third-order valence-corrected chi connectivity index (χ3v) is 2.18. The van der Waals surface area contributed by atoms with Gasteiger partial charge in [-0.25, -0.2) is 4.68 Å². The number of hydrogen-bond acceptors (Lipinski definition) is 3. The molecule has 78 valence electrons. The van der Waals surface area contributed by atoms with Crippen LogP contribution >= 0.6 is 12.2 Å². The zero-order valence-corrected chi connectivity index (χ0v) is 9.64. The Balaban J connectivity index is 3.13. The molecule has 0 fully saturated rings. The fraction of sp³-hybridized carbons (Fsp3) is 0.667. The van der Waals surface area contributed by atoms with Crippen molar-refractivity contribution in [1.29, 1.82) is 0 Å². The number of aryl methyl sites for hydroxylation is 1. The minimum Gasteiger partial charge on any atom is -0.388 e. The molecule has 0 spiro atoms. The lowest BCUT2D eigenvalue weighted by molar-refractivity contribution is 0.542. The zero-order chi connectivity index (χ0) is 10.7. The van der Waals surface area contributed by atoms with Gasteiger partial charge in [0.15, 0.2) is 0 Å². The lowest BCUT2D eigenvalue weighted by atomic mass is 10.1. The van der Waals surface area contributed by atoms with E-state index in [0.29, 0.717) is 16.6 Å². The van der Waals surface area contributed by atoms with E-state index in [9.17, 15) is 0 Å². The first-order chi connectivity index (χ1) is 6.57. The molecule has 14 heavy (non-hydrogen) atoms. The van der Waals surface area contributed by atoms with Crippen molar-refractivity contribution < 1.29 is 0 Å². The molecule has 0 unspecified atom stereocenters. The number of thiocarbonyl (C=S) groups is 1. The van der Waals surface area contributed by atoms with Gasteiger partial charge < -0.3 is 5.73 Å². The number of nitrogens with zero attached hydrogens (tertiary/aromatic N) is 3. The van der Waals surface area contributed by atoms with Gasteiger partial charge in [0.2, 0.25) is 0 Å². The van der Waals surface area contributed by atoms with Crippen LogP contribution < -0.4 is 5.73 Å². The van der Waals surface area contributed by atoms with Crippen LogP contribution in [0.5, 0.6) is 0 Å². The molecular weight excluding hydrogens is 196 g/mol. The van der Waals surface area contributed by atoms with Crippen molar-refractivity contribution in [2.75, 3.05) is 0 Å². The van der Waals surface area contributed by atoms with E-state index < -0.39 is 0 Å². The van der Waals surface area contributed by atoms with E-state index in [1.165, 1.54) is 0 Å². The van der Waals surface area contributed by atoms with E-state index >= 15 is 0 Å². The van der Waals surface area contributed by atoms with Gasteiger partial charge in [0.1, 0.15) is 10.7 Å². The van der Waals surface area contributed by atoms with Gasteiger partial charge >= 0.3 is 0 Å². The van der Waals surface area contributed by atoms with Crippen LogP contribution in [0.2, 0.25) is 0 Å². The van der Waals surface area contributed by atoms with Gasteiger partial charge in [0, 0.05) is 6.54 Å². The van der Waals surface area contributed by atoms with Gasteiger partial charge in [-0.15, -0.1) is 5.10 Å². The maximum atomic E-state index is 5.58. The smallest absolute Gasteiger partial charge is 0.143 e. The Kier molecular flexibility index (Phi) is 3.57. The summed E-state index contributed by atoms with van der Waals surface area (Å²) >= 11 is 4.93. The molecule has 0 saturated carbocycles. The summed E-state index contributed by atoms with van der Waals surface area (Å²) in [6, 6.07) is 0. The maximum absolute atomic E-state index is 5.58. The van der Waals surface area contributed by atoms with Crippen LogP contribution in [0.1, 0.15) is 44.5 Å². The molecular formula is C9H16N4S. The molecule has 0 amide bonds. The second kappa shape index (κ2) is 4.50. The first-order valence-corrected chi connectivity index (χ1v) is 5.21. The van der Waals surface area contributed by atoms with Crippen molar-refractivity contribution in [1.82, 2.24) is 15.0 Å². The fourth-order valence-electron chi connectivity index (χ4n) is 1.44. The standard InChI is InChI=1S/C9H16N4S/c1-4-5-13-8(6(2)3)7(9(10)14)11-12-13/h6H,4-5H2,1-3H3,(H2,10,14). The van der Waals surface area contributed by atoms with E-state index in [2.05, 4.69) is 31.1 Å². The monoisotopic (exact) mass is 212 g/mol. The number of nitrogens with two attached hydrogens (primary N) is 1. The van der Waals surface area contributed by atoms with Gasteiger partial charge in [-0.3, -0.25) is 0 Å². The highest BCUT2D eigenvalue weighted by Crippen LogP contribution is 2.17. The summed E-state index contributed by atoms with van der Waals surface area (Å²) in [6.07, 6.45) is 1.03. The van der Waals surface area contributed by atoms with Crippen LogP contribution in [0.25, 0.3) is 0 Å². The number of rotatable bonds is 4. The van der Waals surface area contributed by atoms with Gasteiger partial charge in [-0.2, -0.15) is 0 Å². The van der Waals surface area contributed by atoms with Crippen molar-refractivity contribution >= 4 is 17.2 Å². The molecule has 1 aromatic rings. The van der Waals surface area contributed by atoms with E-state index in [-0.39, 0.29) is 0 Å². The van der Waals surface area contributed by atoms with Crippen molar-refractivity contribution in [3.05, 3.63) is 11.4 Å². The molecule has 1 aromatic heterocycles. The Labute approximate surface area is 89.5 Å². The Morgan fingerprint density at radius 3 is 2.64 bits per heavy atom. The summed E-state index contributed by atoms with van der Waals surface area (Å²) in [5.74, 6) is 0.341. The van der Waals surface area contributed by atoms with E-state index in [1.54, 1.807) is 0 Å². The summed E-state index contributed by atoms with van der Waals surface area (Å²) in [6.45, 7) is 7.15. The van der Waals surface area contributed by atoms with Crippen molar-refractivity contribution in [3.63, 3.8) is 0 Å². The van der Waals surface area contributed by atoms with E-state index in [1.807, 2.05) is 4.68 Å². The molecule has 0 aliphatic carbocycles. The predicted molar refractivity (Wildman–Crippen MR) is 60.3 cm³/mol. The van der Waals surface area contributed by atoms with Crippen LogP contribution in [0.4, 0.5) is 0 Å². The fourth-order valence-corrected chi connectivity index (χ4v) is 1.59. The zero-order valence-electron chi connectivity index (χ0n) is 8.82. The summed E-state index contributed by atoms with van der Waals surface area (Å²) in [4.78, 5) is 0.330. The molecule has 0 aliphatic heterocycles. The molecule has 0 saturated heterocycles. The average Bonchev–Trinajstić information content (AvgIpc) is 2.48. The molecule has 0 aromatic carbocycles. The summed E-state index contributed by atoms with van der Waals surface area (Å²) < 4.78 is 1.89. The maximum Gasteiger partial charge on any atom is 0.143 e. The van der Waals surface area contributed by atoms with Gasteiger partial charge in [0.05, 0.1) is 5.69 Å². The second-order valence-corrected chi connectivity index (χ2v) is 4.01. The Bertz CT molecular complexity index is 330. The molecule has 0 radical (unpaired) electrons. The summed E-state index contributed by atoms with van der Waals surface area (Å²) in [5, 5.41) is 8.05. The highest BCUT2D eigenvalue weighted by Gasteiger charge is 2.17. The summed E-state index contributed by atoms with van der Waals surface area (Å²) in [7, 11) is 0. The number of hydrogen-bond donors (Lipinski definition) is 1. The Hall–Kier alpha value is -0.970. The molecule has 1 rings (SSSR count). The van der Waals surface area contributed by atoms with Crippen LogP contribution in [0, 0.1) is 0 Å². The molecule has 1 heterocycles. The molecule has 2 N–H and O–H groups in total. The van der Waals surface area contributed by atoms with Gasteiger partial charge in [0.25, 0.3) is 0 Å².